The van der Waals surface area contributed by atoms with Gasteiger partial charge in [-0.25, -0.2) is 8.42 Å². The molecule has 1 amide bonds. The van der Waals surface area contributed by atoms with Gasteiger partial charge in [-0.3, -0.25) is 4.79 Å². The molecule has 0 bridgehead atoms. The minimum Gasteiger partial charge on any atom is -0.456 e. The third-order valence-electron chi connectivity index (χ3n) is 5.52. The lowest BCUT2D eigenvalue weighted by Gasteiger charge is -2.27. The predicted octanol–water partition coefficient (Wildman–Crippen LogP) is 4.93. The third-order valence-corrected chi connectivity index (χ3v) is 7.97. The maximum absolute atomic E-state index is 13.6. The number of amides is 1. The molecule has 34 heavy (non-hydrogen) atoms. The number of aryl methyl sites for hydroxylation is 1. The van der Waals surface area contributed by atoms with Crippen LogP contribution in [0.4, 0.5) is 5.69 Å². The van der Waals surface area contributed by atoms with Gasteiger partial charge in [0.2, 0.25) is 10.0 Å². The molecule has 2 heterocycles. The number of ether oxygens (including phenoxy) is 3. The molecule has 2 aliphatic rings. The van der Waals surface area contributed by atoms with E-state index < -0.39 is 15.9 Å². The van der Waals surface area contributed by atoms with E-state index in [0.717, 1.165) is 10.0 Å². The van der Waals surface area contributed by atoms with Crippen LogP contribution in [-0.2, 0) is 14.8 Å². The summed E-state index contributed by atoms with van der Waals surface area (Å²) in [5, 5.41) is 2.81. The van der Waals surface area contributed by atoms with Gasteiger partial charge in [0.05, 0.1) is 24.5 Å². The molecule has 0 aliphatic carbocycles. The molecular formula is C24H21BrN2O6S. The monoisotopic (exact) mass is 544 g/mol. The van der Waals surface area contributed by atoms with Crippen molar-refractivity contribution in [2.75, 3.05) is 31.6 Å². The van der Waals surface area contributed by atoms with E-state index >= 15 is 0 Å². The van der Waals surface area contributed by atoms with Crippen LogP contribution in [0.2, 0.25) is 0 Å². The lowest BCUT2D eigenvalue weighted by Crippen LogP contribution is -2.40. The summed E-state index contributed by atoms with van der Waals surface area (Å²) < 4.78 is 46.8. The number of anilines is 1. The van der Waals surface area contributed by atoms with Gasteiger partial charge in [-0.2, -0.15) is 4.31 Å². The van der Waals surface area contributed by atoms with Gasteiger partial charge >= 0.3 is 0 Å². The summed E-state index contributed by atoms with van der Waals surface area (Å²) in [6.07, 6.45) is 0. The lowest BCUT2D eigenvalue weighted by molar-refractivity contribution is 0.0729. The van der Waals surface area contributed by atoms with E-state index in [4.69, 9.17) is 14.2 Å². The first-order chi connectivity index (χ1) is 16.3. The quantitative estimate of drug-likeness (QED) is 0.500. The Kier molecular flexibility index (Phi) is 6.07. The van der Waals surface area contributed by atoms with Crippen molar-refractivity contribution in [1.29, 1.82) is 0 Å². The second-order valence-electron chi connectivity index (χ2n) is 7.92. The minimum absolute atomic E-state index is 0.0657. The Morgan fingerprint density at radius 1 is 1.00 bits per heavy atom. The fourth-order valence-electron chi connectivity index (χ4n) is 3.78. The summed E-state index contributed by atoms with van der Waals surface area (Å²) in [6.45, 7) is 2.92. The van der Waals surface area contributed by atoms with Crippen LogP contribution in [0.1, 0.15) is 15.9 Å². The number of nitrogens with one attached hydrogen (secondary N) is 1. The van der Waals surface area contributed by atoms with Crippen molar-refractivity contribution in [1.82, 2.24) is 4.31 Å². The molecule has 0 spiro atoms. The average Bonchev–Trinajstić information content (AvgIpc) is 2.95. The molecule has 1 N–H and O–H groups in total. The van der Waals surface area contributed by atoms with Crippen LogP contribution in [0.15, 0.2) is 64.0 Å². The van der Waals surface area contributed by atoms with Crippen molar-refractivity contribution in [3.05, 3.63) is 70.2 Å². The Labute approximate surface area is 205 Å². The van der Waals surface area contributed by atoms with E-state index in [1.165, 1.54) is 16.4 Å². The number of halogens is 1. The third kappa shape index (κ3) is 4.41. The van der Waals surface area contributed by atoms with Crippen molar-refractivity contribution < 1.29 is 27.4 Å². The van der Waals surface area contributed by atoms with Crippen molar-refractivity contribution in [3.8, 4) is 23.0 Å². The second-order valence-corrected chi connectivity index (χ2v) is 10.7. The second kappa shape index (κ2) is 9.03. The normalized spacial score (nSPS) is 16.0. The molecule has 3 aromatic rings. The Hall–Kier alpha value is -2.92. The zero-order chi connectivity index (χ0) is 23.9. The van der Waals surface area contributed by atoms with E-state index in [0.29, 0.717) is 30.4 Å². The molecule has 2 aliphatic heterocycles. The highest BCUT2D eigenvalue weighted by atomic mass is 79.9. The van der Waals surface area contributed by atoms with Crippen LogP contribution < -0.4 is 14.8 Å². The number of hydrogen-bond donors (Lipinski definition) is 1. The van der Waals surface area contributed by atoms with E-state index in [-0.39, 0.29) is 35.0 Å². The van der Waals surface area contributed by atoms with E-state index in [1.54, 1.807) is 36.4 Å². The average molecular weight is 545 g/mol. The molecule has 10 heteroatoms. The van der Waals surface area contributed by atoms with E-state index in [2.05, 4.69) is 21.2 Å². The summed E-state index contributed by atoms with van der Waals surface area (Å²) in [5.41, 5.74) is 1.56. The lowest BCUT2D eigenvalue weighted by atomic mass is 10.1. The standard InChI is InChI=1S/C24H21BrN2O6S/c1-15-2-7-20-19(12-15)26-24(28)18-13-23(34(29,30)27-8-10-31-11-9-27)22(14-21(18)33-20)32-17-5-3-16(25)4-6-17/h2-7,12-14H,8-11H2,1H3,(H,26,28). The molecule has 8 nitrogen and oxygen atoms in total. The van der Waals surface area contributed by atoms with Gasteiger partial charge in [-0.15, -0.1) is 0 Å². The molecule has 0 aromatic heterocycles. The fraction of sp³-hybridized carbons (Fsp3) is 0.208. The SMILES string of the molecule is Cc1ccc2c(c1)NC(=O)c1cc(S(=O)(=O)N3CCOCC3)c(Oc3ccc(Br)cc3)cc1O2. The highest BCUT2D eigenvalue weighted by Gasteiger charge is 2.33. The van der Waals surface area contributed by atoms with Gasteiger partial charge in [0.15, 0.2) is 11.5 Å². The van der Waals surface area contributed by atoms with Crippen molar-refractivity contribution in [2.45, 2.75) is 11.8 Å². The van der Waals surface area contributed by atoms with E-state index in [9.17, 15) is 13.2 Å². The fourth-order valence-corrected chi connectivity index (χ4v) is 5.57. The number of nitrogens with zero attached hydrogens (tertiary/aromatic N) is 1. The number of sulfonamides is 1. The molecule has 0 atom stereocenters. The number of morpholine rings is 1. The molecule has 5 rings (SSSR count). The summed E-state index contributed by atoms with van der Waals surface area (Å²) in [7, 11) is -3.98. The maximum atomic E-state index is 13.6. The first-order valence-corrected chi connectivity index (χ1v) is 12.8. The number of rotatable bonds is 4. The molecule has 0 saturated carbocycles. The summed E-state index contributed by atoms with van der Waals surface area (Å²) in [6, 6.07) is 15.2. The highest BCUT2D eigenvalue weighted by molar-refractivity contribution is 9.10. The smallest absolute Gasteiger partial charge is 0.259 e. The Morgan fingerprint density at radius 3 is 2.47 bits per heavy atom. The van der Waals surface area contributed by atoms with Crippen LogP contribution in [0.3, 0.4) is 0 Å². The van der Waals surface area contributed by atoms with Gasteiger partial charge in [0.1, 0.15) is 16.4 Å². The van der Waals surface area contributed by atoms with Crippen molar-refractivity contribution in [2.24, 2.45) is 0 Å². The van der Waals surface area contributed by atoms with Crippen molar-refractivity contribution in [3.63, 3.8) is 0 Å². The van der Waals surface area contributed by atoms with Gasteiger partial charge in [-0.05, 0) is 55.0 Å². The summed E-state index contributed by atoms with van der Waals surface area (Å²) >= 11 is 3.38. The largest absolute Gasteiger partial charge is 0.456 e. The Bertz CT molecular complexity index is 1370. The Morgan fingerprint density at radius 2 is 1.74 bits per heavy atom. The van der Waals surface area contributed by atoms with Crippen LogP contribution >= 0.6 is 15.9 Å². The molecule has 176 valence electrons. The summed E-state index contributed by atoms with van der Waals surface area (Å²) in [4.78, 5) is 13.0. The number of hydrogen-bond acceptors (Lipinski definition) is 6. The highest BCUT2D eigenvalue weighted by Crippen LogP contribution is 2.42. The van der Waals surface area contributed by atoms with Gasteiger partial charge < -0.3 is 19.5 Å². The number of carbonyl (C=O) groups is 1. The van der Waals surface area contributed by atoms with E-state index in [1.807, 2.05) is 13.0 Å². The number of benzene rings is 3. The predicted molar refractivity (Wildman–Crippen MR) is 129 cm³/mol. The molecule has 1 saturated heterocycles. The Balaban J connectivity index is 1.64. The molecule has 0 unspecified atom stereocenters. The zero-order valence-corrected chi connectivity index (χ0v) is 20.6. The topological polar surface area (TPSA) is 94.2 Å². The van der Waals surface area contributed by atoms with Crippen molar-refractivity contribution >= 4 is 37.5 Å². The van der Waals surface area contributed by atoms with Gasteiger partial charge in [0.25, 0.3) is 5.91 Å². The summed E-state index contributed by atoms with van der Waals surface area (Å²) in [5.74, 6) is 0.698. The first kappa shape index (κ1) is 22.9. The maximum Gasteiger partial charge on any atom is 0.259 e. The van der Waals surface area contributed by atoms with Crippen LogP contribution in [0.5, 0.6) is 23.0 Å². The molecule has 0 radical (unpaired) electrons. The number of carbonyl (C=O) groups excluding carboxylic acids is 1. The molecular weight excluding hydrogens is 524 g/mol. The van der Waals surface area contributed by atoms with Crippen LogP contribution in [-0.4, -0.2) is 44.9 Å². The van der Waals surface area contributed by atoms with Gasteiger partial charge in [0, 0.05) is 23.6 Å². The minimum atomic E-state index is -3.98. The van der Waals surface area contributed by atoms with Crippen LogP contribution in [0, 0.1) is 6.92 Å². The molecule has 1 fully saturated rings. The number of fused-ring (bicyclic) bond motifs is 2. The van der Waals surface area contributed by atoms with Crippen LogP contribution in [0.25, 0.3) is 0 Å². The van der Waals surface area contributed by atoms with Gasteiger partial charge in [-0.1, -0.05) is 22.0 Å². The molecule has 3 aromatic carbocycles. The first-order valence-electron chi connectivity index (χ1n) is 10.6. The zero-order valence-electron chi connectivity index (χ0n) is 18.2.